The maximum Gasteiger partial charge on any atom is 0.154 e. The van der Waals surface area contributed by atoms with Crippen molar-refractivity contribution in [3.05, 3.63) is 49.1 Å². The lowest BCUT2D eigenvalue weighted by atomic mass is 10.5. The van der Waals surface area contributed by atoms with Crippen LogP contribution in [0, 0.1) is 0 Å². The van der Waals surface area contributed by atoms with Gasteiger partial charge in [0.05, 0.1) is 18.5 Å². The van der Waals surface area contributed by atoms with Crippen molar-refractivity contribution in [1.82, 2.24) is 19.9 Å². The van der Waals surface area contributed by atoms with Crippen molar-refractivity contribution < 1.29 is 9.47 Å². The fourth-order valence-electron chi connectivity index (χ4n) is 0.929. The van der Waals surface area contributed by atoms with Crippen molar-refractivity contribution in [3.63, 3.8) is 0 Å². The van der Waals surface area contributed by atoms with Gasteiger partial charge < -0.3 is 9.47 Å². The van der Waals surface area contributed by atoms with Crippen LogP contribution in [0.1, 0.15) is 12.6 Å². The predicted molar refractivity (Wildman–Crippen MR) is 65.3 cm³/mol. The van der Waals surface area contributed by atoms with Gasteiger partial charge >= 0.3 is 0 Å². The SMILES string of the molecule is COC(C)OCc1cnccn1.c1cnccn1. The molecule has 0 saturated heterocycles. The zero-order valence-electron chi connectivity index (χ0n) is 10.4. The first kappa shape index (κ1) is 14.1. The molecule has 1 atom stereocenters. The number of aromatic nitrogens is 4. The van der Waals surface area contributed by atoms with Crippen LogP contribution in [0.25, 0.3) is 0 Å². The third-order valence-corrected chi connectivity index (χ3v) is 1.89. The molecule has 2 heterocycles. The highest BCUT2D eigenvalue weighted by molar-refractivity contribution is 4.91. The van der Waals surface area contributed by atoms with Crippen molar-refractivity contribution in [2.24, 2.45) is 0 Å². The number of methoxy groups -OCH3 is 1. The van der Waals surface area contributed by atoms with Gasteiger partial charge in [-0.1, -0.05) is 0 Å². The molecule has 96 valence electrons. The fourth-order valence-corrected chi connectivity index (χ4v) is 0.929. The smallest absolute Gasteiger partial charge is 0.154 e. The molecule has 0 fully saturated rings. The van der Waals surface area contributed by atoms with E-state index in [1.165, 1.54) is 0 Å². The van der Waals surface area contributed by atoms with E-state index in [0.717, 1.165) is 5.69 Å². The Hall–Kier alpha value is -1.92. The normalized spacial score (nSPS) is 11.2. The van der Waals surface area contributed by atoms with Crippen LogP contribution in [-0.4, -0.2) is 33.3 Å². The maximum atomic E-state index is 5.25. The van der Waals surface area contributed by atoms with Gasteiger partial charge in [-0.15, -0.1) is 0 Å². The standard InChI is InChI=1S/C8H12N2O2.C4H4N2/c1-7(11-2)12-6-8-5-9-3-4-10-8;1-2-6-4-3-5-1/h3-5,7H,6H2,1-2H3;1-4H. The average molecular weight is 248 g/mol. The lowest BCUT2D eigenvalue weighted by Gasteiger charge is -2.09. The van der Waals surface area contributed by atoms with Crippen LogP contribution in [0.15, 0.2) is 43.4 Å². The lowest BCUT2D eigenvalue weighted by molar-refractivity contribution is -0.119. The number of ether oxygens (including phenoxy) is 2. The summed E-state index contributed by atoms with van der Waals surface area (Å²) in [5, 5.41) is 0. The molecule has 1 unspecified atom stereocenters. The summed E-state index contributed by atoms with van der Waals surface area (Å²) in [7, 11) is 1.60. The molecular weight excluding hydrogens is 232 g/mol. The van der Waals surface area contributed by atoms with Gasteiger partial charge in [0, 0.05) is 44.3 Å². The summed E-state index contributed by atoms with van der Waals surface area (Å²) in [6.45, 7) is 2.26. The molecule has 0 aliphatic rings. The molecular formula is C12H16N4O2. The first-order valence-electron chi connectivity index (χ1n) is 5.42. The third-order valence-electron chi connectivity index (χ3n) is 1.89. The summed E-state index contributed by atoms with van der Waals surface area (Å²) >= 11 is 0. The van der Waals surface area contributed by atoms with Crippen LogP contribution in [-0.2, 0) is 16.1 Å². The molecule has 0 radical (unpaired) electrons. The minimum Gasteiger partial charge on any atom is -0.356 e. The Balaban J connectivity index is 0.000000225. The van der Waals surface area contributed by atoms with Crippen molar-refractivity contribution in [2.75, 3.05) is 7.11 Å². The van der Waals surface area contributed by atoms with Gasteiger partial charge in [0.15, 0.2) is 6.29 Å². The number of nitrogens with zero attached hydrogens (tertiary/aromatic N) is 4. The zero-order chi connectivity index (χ0) is 13.1. The molecule has 2 aromatic heterocycles. The first-order valence-corrected chi connectivity index (χ1v) is 5.42. The number of rotatable bonds is 4. The van der Waals surface area contributed by atoms with Gasteiger partial charge in [-0.25, -0.2) is 0 Å². The van der Waals surface area contributed by atoms with Crippen molar-refractivity contribution in [1.29, 1.82) is 0 Å². The molecule has 18 heavy (non-hydrogen) atoms. The zero-order valence-corrected chi connectivity index (χ0v) is 10.4. The summed E-state index contributed by atoms with van der Waals surface area (Å²) in [4.78, 5) is 15.4. The van der Waals surface area contributed by atoms with Gasteiger partial charge in [0.25, 0.3) is 0 Å². The van der Waals surface area contributed by atoms with Gasteiger partial charge in [-0.3, -0.25) is 19.9 Å². The van der Waals surface area contributed by atoms with Crippen LogP contribution in [0.2, 0.25) is 0 Å². The van der Waals surface area contributed by atoms with E-state index in [2.05, 4.69) is 19.9 Å². The quantitative estimate of drug-likeness (QED) is 0.763. The number of hydrogen-bond donors (Lipinski definition) is 0. The molecule has 0 saturated carbocycles. The van der Waals surface area contributed by atoms with Crippen LogP contribution in [0.3, 0.4) is 0 Å². The average Bonchev–Trinajstić information content (AvgIpc) is 2.48. The second-order valence-corrected chi connectivity index (χ2v) is 3.21. The minimum atomic E-state index is -0.202. The Morgan fingerprint density at radius 1 is 1.00 bits per heavy atom. The molecule has 6 nitrogen and oxygen atoms in total. The molecule has 0 spiro atoms. The predicted octanol–water partition coefficient (Wildman–Crippen LogP) is 1.46. The molecule has 2 rings (SSSR count). The summed E-state index contributed by atoms with van der Waals surface area (Å²) in [6, 6.07) is 0. The van der Waals surface area contributed by atoms with Gasteiger partial charge in [0.1, 0.15) is 0 Å². The highest BCUT2D eigenvalue weighted by Crippen LogP contribution is 1.98. The second kappa shape index (κ2) is 9.15. The van der Waals surface area contributed by atoms with E-state index in [1.807, 2.05) is 6.92 Å². The van der Waals surface area contributed by atoms with Crippen molar-refractivity contribution >= 4 is 0 Å². The van der Waals surface area contributed by atoms with Crippen LogP contribution in [0.4, 0.5) is 0 Å². The molecule has 0 N–H and O–H groups in total. The monoisotopic (exact) mass is 248 g/mol. The number of hydrogen-bond acceptors (Lipinski definition) is 6. The Morgan fingerprint density at radius 2 is 1.61 bits per heavy atom. The van der Waals surface area contributed by atoms with Gasteiger partial charge in [0.2, 0.25) is 0 Å². The summed E-state index contributed by atoms with van der Waals surface area (Å²) < 4.78 is 10.2. The van der Waals surface area contributed by atoms with E-state index < -0.39 is 0 Å². The fraction of sp³-hybridized carbons (Fsp3) is 0.333. The van der Waals surface area contributed by atoms with E-state index in [9.17, 15) is 0 Å². The van der Waals surface area contributed by atoms with Crippen LogP contribution < -0.4 is 0 Å². The van der Waals surface area contributed by atoms with E-state index in [1.54, 1.807) is 50.5 Å². The molecule has 0 amide bonds. The summed E-state index contributed by atoms with van der Waals surface area (Å²) in [5.41, 5.74) is 0.807. The minimum absolute atomic E-state index is 0.202. The topological polar surface area (TPSA) is 70.0 Å². The second-order valence-electron chi connectivity index (χ2n) is 3.21. The first-order chi connectivity index (χ1) is 8.83. The summed E-state index contributed by atoms with van der Waals surface area (Å²) in [6.07, 6.45) is 11.3. The van der Waals surface area contributed by atoms with Crippen LogP contribution >= 0.6 is 0 Å². The van der Waals surface area contributed by atoms with Crippen molar-refractivity contribution in [3.8, 4) is 0 Å². The van der Waals surface area contributed by atoms with E-state index >= 15 is 0 Å². The molecule has 6 heteroatoms. The molecule has 2 aromatic rings. The van der Waals surface area contributed by atoms with E-state index in [4.69, 9.17) is 9.47 Å². The highest BCUT2D eigenvalue weighted by Gasteiger charge is 1.99. The summed E-state index contributed by atoms with van der Waals surface area (Å²) in [5.74, 6) is 0. The lowest BCUT2D eigenvalue weighted by Crippen LogP contribution is -2.10. The van der Waals surface area contributed by atoms with Crippen LogP contribution in [0.5, 0.6) is 0 Å². The Bertz CT molecular complexity index is 373. The molecule has 0 bridgehead atoms. The van der Waals surface area contributed by atoms with Gasteiger partial charge in [-0.2, -0.15) is 0 Å². The van der Waals surface area contributed by atoms with Gasteiger partial charge in [-0.05, 0) is 6.92 Å². The Labute approximate surface area is 106 Å². The van der Waals surface area contributed by atoms with E-state index in [0.29, 0.717) is 6.61 Å². The Morgan fingerprint density at radius 3 is 2.06 bits per heavy atom. The van der Waals surface area contributed by atoms with E-state index in [-0.39, 0.29) is 6.29 Å². The maximum absolute atomic E-state index is 5.25. The Kier molecular flexibility index (Phi) is 7.19. The van der Waals surface area contributed by atoms with Crippen molar-refractivity contribution in [2.45, 2.75) is 19.8 Å². The third kappa shape index (κ3) is 6.62. The highest BCUT2D eigenvalue weighted by atomic mass is 16.7. The molecule has 0 aliphatic carbocycles. The molecule has 0 aliphatic heterocycles. The molecule has 0 aromatic carbocycles. The largest absolute Gasteiger partial charge is 0.356 e.